The van der Waals surface area contributed by atoms with Gasteiger partial charge in [0.15, 0.2) is 12.1 Å². The average Bonchev–Trinajstić information content (AvgIpc) is 2.17. The Labute approximate surface area is 82.5 Å². The van der Waals surface area contributed by atoms with Crippen LogP contribution in [0, 0.1) is 17.5 Å². The number of aldehydes is 1. The van der Waals surface area contributed by atoms with Crippen molar-refractivity contribution in [2.75, 3.05) is 7.11 Å². The Morgan fingerprint density at radius 1 is 1.33 bits per heavy atom. The molecule has 0 aliphatic heterocycles. The second-order valence-electron chi connectivity index (χ2n) is 2.55. The van der Waals surface area contributed by atoms with Crippen LogP contribution < -0.4 is 0 Å². The highest BCUT2D eigenvalue weighted by Crippen LogP contribution is 2.19. The lowest BCUT2D eigenvalue weighted by Gasteiger charge is -2.05. The third kappa shape index (κ3) is 1.83. The minimum atomic E-state index is -1.56. The lowest BCUT2D eigenvalue weighted by Crippen LogP contribution is -2.11. The zero-order valence-electron chi connectivity index (χ0n) is 7.51. The normalized spacial score (nSPS) is 9.87. The maximum atomic E-state index is 13.2. The van der Waals surface area contributed by atoms with Gasteiger partial charge in [-0.05, 0) is 0 Å². The summed E-state index contributed by atoms with van der Waals surface area (Å²) in [6.07, 6.45) is -0.142. The molecule has 0 amide bonds. The maximum Gasteiger partial charge on any atom is 0.343 e. The highest BCUT2D eigenvalue weighted by Gasteiger charge is 2.24. The first kappa shape index (κ1) is 11.2. The predicted octanol–water partition coefficient (Wildman–Crippen LogP) is 1.70. The van der Waals surface area contributed by atoms with Crippen LogP contribution in [-0.2, 0) is 4.74 Å². The molecular formula is C9H5F3O3. The van der Waals surface area contributed by atoms with Gasteiger partial charge in [0, 0.05) is 6.07 Å². The van der Waals surface area contributed by atoms with E-state index in [1.165, 1.54) is 0 Å². The third-order valence-electron chi connectivity index (χ3n) is 1.71. The van der Waals surface area contributed by atoms with Crippen molar-refractivity contribution in [1.29, 1.82) is 0 Å². The van der Waals surface area contributed by atoms with Crippen molar-refractivity contribution >= 4 is 12.3 Å². The molecule has 0 unspecified atom stereocenters. The molecule has 3 nitrogen and oxygen atoms in total. The van der Waals surface area contributed by atoms with Gasteiger partial charge < -0.3 is 4.74 Å². The van der Waals surface area contributed by atoms with Crippen molar-refractivity contribution < 1.29 is 27.5 Å². The summed E-state index contributed by atoms with van der Waals surface area (Å²) in [4.78, 5) is 21.2. The Bertz CT molecular complexity index is 429. The molecule has 0 heterocycles. The van der Waals surface area contributed by atoms with Crippen molar-refractivity contribution in [3.05, 3.63) is 34.6 Å². The molecule has 0 saturated carbocycles. The van der Waals surface area contributed by atoms with Crippen molar-refractivity contribution in [1.82, 2.24) is 0 Å². The molecule has 0 spiro atoms. The summed E-state index contributed by atoms with van der Waals surface area (Å²) in [5.41, 5.74) is -2.09. The van der Waals surface area contributed by atoms with Crippen LogP contribution in [0.25, 0.3) is 0 Å². The molecule has 1 aromatic carbocycles. The van der Waals surface area contributed by atoms with E-state index in [-0.39, 0.29) is 12.4 Å². The number of hydrogen-bond donors (Lipinski definition) is 0. The summed E-state index contributed by atoms with van der Waals surface area (Å²) in [5.74, 6) is -5.66. The number of esters is 1. The molecule has 80 valence electrons. The quantitative estimate of drug-likeness (QED) is 0.560. The summed E-state index contributed by atoms with van der Waals surface area (Å²) in [6, 6.07) is 0.249. The van der Waals surface area contributed by atoms with E-state index in [9.17, 15) is 22.8 Å². The van der Waals surface area contributed by atoms with Crippen LogP contribution >= 0.6 is 0 Å². The van der Waals surface area contributed by atoms with Crippen molar-refractivity contribution in [2.24, 2.45) is 0 Å². The molecule has 1 rings (SSSR count). The van der Waals surface area contributed by atoms with E-state index in [0.717, 1.165) is 7.11 Å². The summed E-state index contributed by atoms with van der Waals surface area (Å²) in [6.45, 7) is 0. The molecule has 0 aromatic heterocycles. The van der Waals surface area contributed by atoms with Gasteiger partial charge in [0.1, 0.15) is 17.2 Å². The second-order valence-corrected chi connectivity index (χ2v) is 2.55. The summed E-state index contributed by atoms with van der Waals surface area (Å²) in [5, 5.41) is 0. The van der Waals surface area contributed by atoms with E-state index >= 15 is 0 Å². The molecule has 0 bridgehead atoms. The number of halogens is 3. The number of ether oxygens (including phenoxy) is 1. The van der Waals surface area contributed by atoms with E-state index < -0.39 is 34.5 Å². The molecule has 1 aromatic rings. The van der Waals surface area contributed by atoms with Crippen LogP contribution in [0.3, 0.4) is 0 Å². The topological polar surface area (TPSA) is 43.4 Å². The second kappa shape index (κ2) is 4.12. The number of methoxy groups -OCH3 is 1. The first-order valence-corrected chi connectivity index (χ1v) is 3.74. The predicted molar refractivity (Wildman–Crippen MR) is 43.0 cm³/mol. The Morgan fingerprint density at radius 3 is 2.40 bits per heavy atom. The molecule has 0 saturated heterocycles. The van der Waals surface area contributed by atoms with E-state index in [2.05, 4.69) is 4.74 Å². The van der Waals surface area contributed by atoms with E-state index in [4.69, 9.17) is 0 Å². The van der Waals surface area contributed by atoms with E-state index in [1.54, 1.807) is 0 Å². The summed E-state index contributed by atoms with van der Waals surface area (Å²) in [7, 11) is 0.908. The van der Waals surface area contributed by atoms with Crippen LogP contribution in [0.5, 0.6) is 0 Å². The minimum absolute atomic E-state index is 0.142. The molecule has 0 aliphatic rings. The monoisotopic (exact) mass is 218 g/mol. The number of carbonyl (C=O) groups is 2. The Hall–Kier alpha value is -1.85. The summed E-state index contributed by atoms with van der Waals surface area (Å²) < 4.78 is 43.1. The van der Waals surface area contributed by atoms with Gasteiger partial charge in [-0.15, -0.1) is 0 Å². The van der Waals surface area contributed by atoms with E-state index in [0.29, 0.717) is 0 Å². The van der Waals surface area contributed by atoms with Gasteiger partial charge >= 0.3 is 5.97 Å². The zero-order valence-corrected chi connectivity index (χ0v) is 7.51. The van der Waals surface area contributed by atoms with Gasteiger partial charge in [-0.25, -0.2) is 18.0 Å². The van der Waals surface area contributed by atoms with Gasteiger partial charge in [0.05, 0.1) is 12.7 Å². The first-order valence-electron chi connectivity index (χ1n) is 3.74. The Kier molecular flexibility index (Phi) is 3.08. The fourth-order valence-electron chi connectivity index (χ4n) is 1.00. The lowest BCUT2D eigenvalue weighted by molar-refractivity contribution is 0.0589. The van der Waals surface area contributed by atoms with Crippen LogP contribution in [0.4, 0.5) is 13.2 Å². The van der Waals surface area contributed by atoms with E-state index in [1.807, 2.05) is 0 Å². The van der Waals surface area contributed by atoms with Crippen LogP contribution in [0.1, 0.15) is 20.7 Å². The van der Waals surface area contributed by atoms with Gasteiger partial charge in [0.2, 0.25) is 0 Å². The number of benzene rings is 1. The molecule has 15 heavy (non-hydrogen) atoms. The maximum absolute atomic E-state index is 13.2. The molecule has 0 aliphatic carbocycles. The summed E-state index contributed by atoms with van der Waals surface area (Å²) >= 11 is 0. The zero-order chi connectivity index (χ0) is 11.6. The third-order valence-corrected chi connectivity index (χ3v) is 1.71. The standard InChI is InChI=1S/C9H5F3O3/c1-15-9(14)7-6(11)2-5(10)4(3-13)8(7)12/h2-3H,1H3. The average molecular weight is 218 g/mol. The van der Waals surface area contributed by atoms with Crippen LogP contribution in [-0.4, -0.2) is 19.4 Å². The van der Waals surface area contributed by atoms with Crippen LogP contribution in [0.2, 0.25) is 0 Å². The lowest BCUT2D eigenvalue weighted by atomic mass is 10.1. The van der Waals surface area contributed by atoms with Crippen molar-refractivity contribution in [3.63, 3.8) is 0 Å². The minimum Gasteiger partial charge on any atom is -0.465 e. The highest BCUT2D eigenvalue weighted by atomic mass is 19.1. The Morgan fingerprint density at radius 2 is 1.93 bits per heavy atom. The molecular weight excluding hydrogens is 213 g/mol. The SMILES string of the molecule is COC(=O)c1c(F)cc(F)c(C=O)c1F. The molecule has 0 fully saturated rings. The van der Waals surface area contributed by atoms with Crippen molar-refractivity contribution in [2.45, 2.75) is 0 Å². The fraction of sp³-hybridized carbons (Fsp3) is 0.111. The number of hydrogen-bond acceptors (Lipinski definition) is 3. The van der Waals surface area contributed by atoms with Gasteiger partial charge in [-0.3, -0.25) is 4.79 Å². The molecule has 0 radical (unpaired) electrons. The smallest absolute Gasteiger partial charge is 0.343 e. The molecule has 0 N–H and O–H groups in total. The van der Waals surface area contributed by atoms with Gasteiger partial charge in [0.25, 0.3) is 0 Å². The number of rotatable bonds is 2. The van der Waals surface area contributed by atoms with Crippen molar-refractivity contribution in [3.8, 4) is 0 Å². The Balaban J connectivity index is 3.52. The highest BCUT2D eigenvalue weighted by molar-refractivity contribution is 5.92. The number of carbonyl (C=O) groups excluding carboxylic acids is 2. The first-order chi connectivity index (χ1) is 7.02. The molecule has 6 heteroatoms. The largest absolute Gasteiger partial charge is 0.465 e. The van der Waals surface area contributed by atoms with Crippen LogP contribution in [0.15, 0.2) is 6.07 Å². The molecule has 0 atom stereocenters. The van der Waals surface area contributed by atoms with Gasteiger partial charge in [-0.1, -0.05) is 0 Å². The fourth-order valence-corrected chi connectivity index (χ4v) is 1.00. The van der Waals surface area contributed by atoms with Gasteiger partial charge in [-0.2, -0.15) is 0 Å².